The van der Waals surface area contributed by atoms with Crippen molar-refractivity contribution < 1.29 is 4.39 Å². The fraction of sp³-hybridized carbons (Fsp3) is 0.333. The Bertz CT molecular complexity index is 367. The third kappa shape index (κ3) is 1.64. The first-order chi connectivity index (χ1) is 6.09. The van der Waals surface area contributed by atoms with E-state index in [2.05, 4.69) is 38.5 Å². The predicted octanol–water partition coefficient (Wildman–Crippen LogP) is 2.62. The van der Waals surface area contributed by atoms with Gasteiger partial charge in [-0.1, -0.05) is 0 Å². The Hall–Kier alpha value is 0.320. The Morgan fingerprint density at radius 1 is 1.46 bits per heavy atom. The quantitative estimate of drug-likeness (QED) is 0.562. The molecule has 0 bridgehead atoms. The van der Waals surface area contributed by atoms with Gasteiger partial charge >= 0.3 is 0 Å². The van der Waals surface area contributed by atoms with Crippen LogP contribution in [0.1, 0.15) is 11.1 Å². The maximum absolute atomic E-state index is 13.3. The van der Waals surface area contributed by atoms with Crippen molar-refractivity contribution in [2.45, 2.75) is 18.9 Å². The maximum Gasteiger partial charge on any atom is 0.138 e. The second-order valence-corrected chi connectivity index (χ2v) is 5.23. The van der Waals surface area contributed by atoms with Gasteiger partial charge in [0.1, 0.15) is 5.82 Å². The Kier molecular flexibility index (Phi) is 2.63. The van der Waals surface area contributed by atoms with Crippen LogP contribution in [0.4, 0.5) is 4.39 Å². The highest BCUT2D eigenvalue weighted by Crippen LogP contribution is 2.34. The third-order valence-electron chi connectivity index (χ3n) is 2.31. The van der Waals surface area contributed by atoms with Crippen molar-refractivity contribution in [2.24, 2.45) is 5.73 Å². The first-order valence-electron chi connectivity index (χ1n) is 4.00. The van der Waals surface area contributed by atoms with Gasteiger partial charge in [-0.25, -0.2) is 4.39 Å². The van der Waals surface area contributed by atoms with E-state index in [0.29, 0.717) is 4.47 Å². The van der Waals surface area contributed by atoms with Crippen molar-refractivity contribution in [1.29, 1.82) is 0 Å². The molecule has 0 amide bonds. The van der Waals surface area contributed by atoms with E-state index in [-0.39, 0.29) is 11.9 Å². The second kappa shape index (κ2) is 3.47. The lowest BCUT2D eigenvalue weighted by Crippen LogP contribution is -2.19. The number of nitrogens with two attached hydrogens (primary N) is 1. The zero-order valence-corrected chi connectivity index (χ0v) is 10.5. The Morgan fingerprint density at radius 3 is 2.77 bits per heavy atom. The summed E-state index contributed by atoms with van der Waals surface area (Å²) in [5.74, 6) is -0.183. The normalized spacial score (nSPS) is 20.5. The van der Waals surface area contributed by atoms with E-state index in [1.807, 2.05) is 0 Å². The van der Waals surface area contributed by atoms with Crippen LogP contribution in [-0.4, -0.2) is 6.04 Å². The molecule has 0 spiro atoms. The van der Waals surface area contributed by atoms with E-state index in [4.69, 9.17) is 5.73 Å². The van der Waals surface area contributed by atoms with Crippen molar-refractivity contribution in [2.75, 3.05) is 0 Å². The van der Waals surface area contributed by atoms with Crippen LogP contribution >= 0.6 is 38.5 Å². The molecule has 0 heterocycles. The standard InChI is InChI=1S/C9H8BrFIN/c10-9-6-2-4(13)1-5(6)8(12)3-7(9)11/h3-4H,1-2,13H2. The lowest BCUT2D eigenvalue weighted by atomic mass is 10.1. The van der Waals surface area contributed by atoms with Crippen molar-refractivity contribution in [3.63, 3.8) is 0 Å². The zero-order chi connectivity index (χ0) is 9.59. The molecule has 4 heteroatoms. The summed E-state index contributed by atoms with van der Waals surface area (Å²) in [6.45, 7) is 0. The van der Waals surface area contributed by atoms with E-state index in [1.165, 1.54) is 5.56 Å². The van der Waals surface area contributed by atoms with Crippen LogP contribution in [0.2, 0.25) is 0 Å². The number of hydrogen-bond donors (Lipinski definition) is 1. The third-order valence-corrected chi connectivity index (χ3v) is 4.13. The molecule has 0 saturated heterocycles. The molecule has 2 rings (SSSR count). The lowest BCUT2D eigenvalue weighted by Gasteiger charge is -2.05. The summed E-state index contributed by atoms with van der Waals surface area (Å²) >= 11 is 5.42. The predicted molar refractivity (Wildman–Crippen MR) is 62.2 cm³/mol. The summed E-state index contributed by atoms with van der Waals surface area (Å²) in [5.41, 5.74) is 8.09. The van der Waals surface area contributed by atoms with Crippen LogP contribution in [0, 0.1) is 9.39 Å². The minimum Gasteiger partial charge on any atom is -0.327 e. The van der Waals surface area contributed by atoms with Gasteiger partial charge in [-0.15, -0.1) is 0 Å². The Morgan fingerprint density at radius 2 is 2.08 bits per heavy atom. The highest BCUT2D eigenvalue weighted by molar-refractivity contribution is 14.1. The van der Waals surface area contributed by atoms with Crippen molar-refractivity contribution in [1.82, 2.24) is 0 Å². The van der Waals surface area contributed by atoms with E-state index in [0.717, 1.165) is 22.0 Å². The van der Waals surface area contributed by atoms with Gasteiger partial charge in [0, 0.05) is 9.61 Å². The van der Waals surface area contributed by atoms with Crippen LogP contribution in [0.5, 0.6) is 0 Å². The molecule has 1 aliphatic rings. The Balaban J connectivity index is 2.62. The highest BCUT2D eigenvalue weighted by atomic mass is 127. The number of hydrogen-bond acceptors (Lipinski definition) is 1. The average Bonchev–Trinajstić information content (AvgIpc) is 2.44. The smallest absolute Gasteiger partial charge is 0.138 e. The van der Waals surface area contributed by atoms with Crippen molar-refractivity contribution in [3.8, 4) is 0 Å². The minimum atomic E-state index is -0.183. The summed E-state index contributed by atoms with van der Waals surface area (Å²) in [7, 11) is 0. The molecule has 1 aromatic rings. The fourth-order valence-electron chi connectivity index (χ4n) is 1.71. The first kappa shape index (κ1) is 9.86. The molecule has 1 aliphatic carbocycles. The van der Waals surface area contributed by atoms with Crippen LogP contribution < -0.4 is 5.73 Å². The summed E-state index contributed by atoms with van der Waals surface area (Å²) in [6, 6.07) is 1.71. The molecule has 70 valence electrons. The average molecular weight is 356 g/mol. The summed E-state index contributed by atoms with van der Waals surface area (Å²) in [4.78, 5) is 0. The molecule has 1 nitrogen and oxygen atoms in total. The van der Waals surface area contributed by atoms with Gasteiger partial charge in [-0.05, 0) is 68.6 Å². The molecule has 0 fully saturated rings. The number of rotatable bonds is 0. The first-order valence-corrected chi connectivity index (χ1v) is 5.87. The van der Waals surface area contributed by atoms with Gasteiger partial charge in [0.05, 0.1) is 4.47 Å². The SMILES string of the molecule is NC1Cc2c(I)cc(F)c(Br)c2C1. The number of fused-ring (bicyclic) bond motifs is 1. The van der Waals surface area contributed by atoms with Crippen LogP contribution in [-0.2, 0) is 12.8 Å². The van der Waals surface area contributed by atoms with E-state index in [1.54, 1.807) is 6.07 Å². The zero-order valence-electron chi connectivity index (χ0n) is 6.78. The van der Waals surface area contributed by atoms with Crippen LogP contribution in [0.15, 0.2) is 10.5 Å². The molecular weight excluding hydrogens is 348 g/mol. The van der Waals surface area contributed by atoms with Gasteiger partial charge in [0.25, 0.3) is 0 Å². The topological polar surface area (TPSA) is 26.0 Å². The Labute approximate surface area is 98.2 Å². The van der Waals surface area contributed by atoms with Gasteiger partial charge in [0.15, 0.2) is 0 Å². The summed E-state index contributed by atoms with van der Waals surface area (Å²) in [5, 5.41) is 0. The van der Waals surface area contributed by atoms with Crippen LogP contribution in [0.3, 0.4) is 0 Å². The minimum absolute atomic E-state index is 0.154. The number of halogens is 3. The molecule has 1 atom stereocenters. The second-order valence-electron chi connectivity index (χ2n) is 3.28. The largest absolute Gasteiger partial charge is 0.327 e. The lowest BCUT2D eigenvalue weighted by molar-refractivity contribution is 0.617. The number of benzene rings is 1. The van der Waals surface area contributed by atoms with Gasteiger partial charge in [-0.2, -0.15) is 0 Å². The maximum atomic E-state index is 13.3. The monoisotopic (exact) mass is 355 g/mol. The fourth-order valence-corrected chi connectivity index (χ4v) is 3.05. The van der Waals surface area contributed by atoms with Crippen molar-refractivity contribution >= 4 is 38.5 Å². The van der Waals surface area contributed by atoms with E-state index < -0.39 is 0 Å². The van der Waals surface area contributed by atoms with E-state index >= 15 is 0 Å². The molecule has 0 saturated carbocycles. The van der Waals surface area contributed by atoms with Gasteiger partial charge < -0.3 is 5.73 Å². The summed E-state index contributed by atoms with van der Waals surface area (Å²) in [6.07, 6.45) is 1.65. The van der Waals surface area contributed by atoms with E-state index in [9.17, 15) is 4.39 Å². The molecule has 2 N–H and O–H groups in total. The van der Waals surface area contributed by atoms with Gasteiger partial charge in [-0.3, -0.25) is 0 Å². The molecule has 0 aliphatic heterocycles. The molecule has 1 unspecified atom stereocenters. The highest BCUT2D eigenvalue weighted by Gasteiger charge is 2.24. The molecule has 0 radical (unpaired) electrons. The summed E-state index contributed by atoms with van der Waals surface area (Å²) < 4.78 is 14.9. The molecule has 13 heavy (non-hydrogen) atoms. The molecular formula is C9H8BrFIN. The van der Waals surface area contributed by atoms with Crippen LogP contribution in [0.25, 0.3) is 0 Å². The van der Waals surface area contributed by atoms with Crippen molar-refractivity contribution in [3.05, 3.63) is 31.1 Å². The van der Waals surface area contributed by atoms with Gasteiger partial charge in [0.2, 0.25) is 0 Å². The molecule has 1 aromatic carbocycles. The molecule has 0 aromatic heterocycles.